The Morgan fingerprint density at radius 1 is 1.00 bits per heavy atom. The smallest absolute Gasteiger partial charge is 0.328 e. The minimum Gasteiger partial charge on any atom is -0.467 e. The van der Waals surface area contributed by atoms with Gasteiger partial charge in [-0.3, -0.25) is 19.3 Å². The van der Waals surface area contributed by atoms with Crippen molar-refractivity contribution in [3.05, 3.63) is 0 Å². The summed E-state index contributed by atoms with van der Waals surface area (Å²) in [6, 6.07) is -1.71. The molecule has 230 valence electrons. The number of amides is 3. The van der Waals surface area contributed by atoms with Crippen LogP contribution in [-0.4, -0.2) is 109 Å². The Morgan fingerprint density at radius 3 is 2.08 bits per heavy atom. The van der Waals surface area contributed by atoms with Crippen LogP contribution < -0.4 is 10.6 Å². The Labute approximate surface area is 241 Å². The number of nitrogens with zero attached hydrogens (tertiary/aromatic N) is 3. The summed E-state index contributed by atoms with van der Waals surface area (Å²) < 4.78 is 4.95. The van der Waals surface area contributed by atoms with Crippen molar-refractivity contribution < 1.29 is 23.9 Å². The first-order chi connectivity index (χ1) is 18.7. The number of methoxy groups -OCH3 is 1. The van der Waals surface area contributed by atoms with Crippen molar-refractivity contribution in [1.29, 1.82) is 0 Å². The summed E-state index contributed by atoms with van der Waals surface area (Å²) in [5.74, 6) is -0.560. The normalized spacial score (nSPS) is 21.8. The summed E-state index contributed by atoms with van der Waals surface area (Å²) in [4.78, 5) is 59.0. The number of hydrogen-bond acceptors (Lipinski definition) is 7. The van der Waals surface area contributed by atoms with Crippen molar-refractivity contribution in [2.45, 2.75) is 117 Å². The van der Waals surface area contributed by atoms with E-state index >= 15 is 0 Å². The van der Waals surface area contributed by atoms with Gasteiger partial charge in [-0.05, 0) is 63.5 Å². The number of carbonyl (C=O) groups is 4. The van der Waals surface area contributed by atoms with Crippen molar-refractivity contribution in [2.24, 2.45) is 11.3 Å². The first-order valence-electron chi connectivity index (χ1n) is 15.1. The van der Waals surface area contributed by atoms with Crippen LogP contribution >= 0.6 is 0 Å². The highest BCUT2D eigenvalue weighted by Gasteiger charge is 2.44. The van der Waals surface area contributed by atoms with Gasteiger partial charge in [0.05, 0.1) is 18.7 Å². The molecule has 0 aliphatic carbocycles. The van der Waals surface area contributed by atoms with Crippen molar-refractivity contribution in [3.8, 4) is 0 Å². The third-order valence-corrected chi connectivity index (χ3v) is 9.20. The first-order valence-corrected chi connectivity index (χ1v) is 15.1. The Kier molecular flexibility index (Phi) is 12.0. The standard InChI is InChI=1S/C30H55N5O5/c1-11-30(12-2,31-8)28(39)32-24(29(5,6)7)26(37)33(9)23(20(3)4)19-34-17-13-15-21(34)25(36)35-18-14-16-22(35)27(38)40-10/h20-24,31H,11-19H2,1-10H3,(H,32,39)/t21-,22?,23+,24+/m0/s1. The SMILES string of the molecule is CCC(CC)(NC)C(=O)N[C@H](C(=O)N(C)[C@H](CN1CCC[C@H]1C(=O)N1CCCC1C(=O)OC)C(C)C)C(C)(C)C. The molecular weight excluding hydrogens is 510 g/mol. The lowest BCUT2D eigenvalue weighted by molar-refractivity contribution is -0.152. The minimum absolute atomic E-state index is 0.0238. The molecule has 0 aromatic rings. The zero-order valence-electron chi connectivity index (χ0n) is 26.6. The predicted molar refractivity (Wildman–Crippen MR) is 157 cm³/mol. The number of esters is 1. The molecule has 2 saturated heterocycles. The molecule has 1 unspecified atom stereocenters. The fraction of sp³-hybridized carbons (Fsp3) is 0.867. The van der Waals surface area contributed by atoms with Crippen LogP contribution in [0.5, 0.6) is 0 Å². The highest BCUT2D eigenvalue weighted by Crippen LogP contribution is 2.28. The summed E-state index contributed by atoms with van der Waals surface area (Å²) in [6.07, 6.45) is 4.25. The third-order valence-electron chi connectivity index (χ3n) is 9.20. The first kappa shape index (κ1) is 34.0. The second kappa shape index (κ2) is 14.1. The predicted octanol–water partition coefficient (Wildman–Crippen LogP) is 2.41. The van der Waals surface area contributed by atoms with Gasteiger partial charge in [-0.25, -0.2) is 4.79 Å². The van der Waals surface area contributed by atoms with E-state index in [1.807, 2.05) is 41.7 Å². The highest BCUT2D eigenvalue weighted by atomic mass is 16.5. The van der Waals surface area contributed by atoms with Crippen molar-refractivity contribution >= 4 is 23.7 Å². The third kappa shape index (κ3) is 7.35. The number of hydrogen-bond donors (Lipinski definition) is 2. The van der Waals surface area contributed by atoms with Crippen molar-refractivity contribution in [3.63, 3.8) is 0 Å². The van der Waals surface area contributed by atoms with Crippen molar-refractivity contribution in [1.82, 2.24) is 25.3 Å². The Morgan fingerprint density at radius 2 is 1.57 bits per heavy atom. The highest BCUT2D eigenvalue weighted by molar-refractivity contribution is 5.92. The molecule has 0 radical (unpaired) electrons. The second-order valence-corrected chi connectivity index (χ2v) is 12.9. The van der Waals surface area contributed by atoms with E-state index in [0.717, 1.165) is 25.8 Å². The molecule has 0 saturated carbocycles. The van der Waals surface area contributed by atoms with Crippen molar-refractivity contribution in [2.75, 3.05) is 40.8 Å². The number of ether oxygens (including phenoxy) is 1. The molecule has 2 fully saturated rings. The topological polar surface area (TPSA) is 111 Å². The fourth-order valence-corrected chi connectivity index (χ4v) is 6.27. The Balaban J connectivity index is 2.25. The molecule has 10 heteroatoms. The molecule has 0 aromatic heterocycles. The van der Waals surface area contributed by atoms with Gasteiger partial charge in [0.1, 0.15) is 12.1 Å². The molecule has 10 nitrogen and oxygen atoms in total. The van der Waals surface area contributed by atoms with Crippen LogP contribution in [0.2, 0.25) is 0 Å². The van der Waals surface area contributed by atoms with Gasteiger partial charge in [-0.1, -0.05) is 48.5 Å². The second-order valence-electron chi connectivity index (χ2n) is 12.9. The molecular formula is C30H55N5O5. The van der Waals surface area contributed by atoms with Crippen LogP contribution in [0.4, 0.5) is 0 Å². The van der Waals surface area contributed by atoms with E-state index in [2.05, 4.69) is 29.4 Å². The molecule has 2 aliphatic rings. The zero-order chi connectivity index (χ0) is 30.4. The summed E-state index contributed by atoms with van der Waals surface area (Å²) >= 11 is 0. The Bertz CT molecular complexity index is 889. The number of likely N-dealkylation sites (N-methyl/N-ethyl adjacent to an activating group) is 2. The molecule has 2 rings (SSSR count). The van der Waals surface area contributed by atoms with Crippen LogP contribution in [0.3, 0.4) is 0 Å². The van der Waals surface area contributed by atoms with Gasteiger partial charge >= 0.3 is 5.97 Å². The summed E-state index contributed by atoms with van der Waals surface area (Å²) in [7, 11) is 4.95. The maximum Gasteiger partial charge on any atom is 0.328 e. The zero-order valence-corrected chi connectivity index (χ0v) is 26.6. The molecule has 0 aromatic carbocycles. The molecule has 0 spiro atoms. The number of rotatable bonds is 12. The lowest BCUT2D eigenvalue weighted by Gasteiger charge is -2.42. The van der Waals surface area contributed by atoms with E-state index in [1.54, 1.807) is 16.8 Å². The van der Waals surface area contributed by atoms with E-state index < -0.39 is 23.0 Å². The minimum atomic E-state index is -0.736. The summed E-state index contributed by atoms with van der Waals surface area (Å²) in [5, 5.41) is 6.27. The van der Waals surface area contributed by atoms with Gasteiger partial charge < -0.3 is 25.2 Å². The largest absolute Gasteiger partial charge is 0.467 e. The average Bonchev–Trinajstić information content (AvgIpc) is 3.59. The molecule has 4 atom stereocenters. The maximum absolute atomic E-state index is 14.1. The monoisotopic (exact) mass is 565 g/mol. The molecule has 40 heavy (non-hydrogen) atoms. The number of likely N-dealkylation sites (tertiary alicyclic amines) is 2. The molecule has 2 heterocycles. The molecule has 2 aliphatic heterocycles. The molecule has 3 amide bonds. The van der Waals surface area contributed by atoms with Crippen LogP contribution in [0, 0.1) is 11.3 Å². The molecule has 2 N–H and O–H groups in total. The van der Waals surface area contributed by atoms with E-state index in [-0.39, 0.29) is 41.7 Å². The van der Waals surface area contributed by atoms with Crippen LogP contribution in [0.15, 0.2) is 0 Å². The van der Waals surface area contributed by atoms with Crippen LogP contribution in [-0.2, 0) is 23.9 Å². The van der Waals surface area contributed by atoms with E-state index in [9.17, 15) is 19.2 Å². The average molecular weight is 566 g/mol. The van der Waals surface area contributed by atoms with Gasteiger partial charge in [0.15, 0.2) is 0 Å². The fourth-order valence-electron chi connectivity index (χ4n) is 6.27. The summed E-state index contributed by atoms with van der Waals surface area (Å²) in [6.45, 7) is 15.9. The summed E-state index contributed by atoms with van der Waals surface area (Å²) in [5.41, 5.74) is -1.24. The van der Waals surface area contributed by atoms with E-state index in [1.165, 1.54) is 7.11 Å². The van der Waals surface area contributed by atoms with E-state index in [4.69, 9.17) is 4.74 Å². The number of carbonyl (C=O) groups excluding carboxylic acids is 4. The van der Waals surface area contributed by atoms with Gasteiger partial charge in [0.2, 0.25) is 17.7 Å². The van der Waals surface area contributed by atoms with Gasteiger partial charge in [0, 0.05) is 26.2 Å². The lowest BCUT2D eigenvalue weighted by atomic mass is 9.83. The van der Waals surface area contributed by atoms with Gasteiger partial charge in [-0.2, -0.15) is 0 Å². The van der Waals surface area contributed by atoms with Crippen LogP contribution in [0.25, 0.3) is 0 Å². The lowest BCUT2D eigenvalue weighted by Crippen LogP contribution is -2.63. The Hall–Kier alpha value is -2.20. The number of nitrogens with one attached hydrogen (secondary N) is 2. The molecule has 0 bridgehead atoms. The van der Waals surface area contributed by atoms with E-state index in [0.29, 0.717) is 32.4 Å². The van der Waals surface area contributed by atoms with Crippen LogP contribution in [0.1, 0.15) is 87.0 Å². The van der Waals surface area contributed by atoms with Gasteiger partial charge in [-0.15, -0.1) is 0 Å². The quantitative estimate of drug-likeness (QED) is 0.350. The maximum atomic E-state index is 14.1. The van der Waals surface area contributed by atoms with Gasteiger partial charge in [0.25, 0.3) is 0 Å².